The SMILES string of the molecule is O=C(CN1C(=O)[C@@H]2[C@@H]3CC[C@@H](C3)[C@@H]2C1=O)Nc1ccc(Br)c(Cl)c1. The molecule has 126 valence electrons. The fourth-order valence-corrected chi connectivity index (χ4v) is 4.97. The molecule has 24 heavy (non-hydrogen) atoms. The van der Waals surface area contributed by atoms with Crippen molar-refractivity contribution >= 4 is 50.9 Å². The second-order valence-corrected chi connectivity index (χ2v) is 8.09. The summed E-state index contributed by atoms with van der Waals surface area (Å²) in [6, 6.07) is 5.05. The standard InChI is InChI=1S/C17H16BrClN2O3/c18-11-4-3-10(6-12(11)19)20-13(22)7-21-16(23)14-8-1-2-9(5-8)15(14)17(21)24/h3-4,6,8-9,14-15H,1-2,5,7H2,(H,20,22)/t8-,9+,14-,15+. The molecule has 1 aromatic carbocycles. The summed E-state index contributed by atoms with van der Waals surface area (Å²) < 4.78 is 0.732. The van der Waals surface area contributed by atoms with Crippen molar-refractivity contribution in [3.8, 4) is 0 Å². The minimum atomic E-state index is -0.387. The lowest BCUT2D eigenvalue weighted by Gasteiger charge is -2.19. The van der Waals surface area contributed by atoms with E-state index in [-0.39, 0.29) is 36.1 Å². The normalized spacial score (nSPS) is 30.8. The van der Waals surface area contributed by atoms with Gasteiger partial charge in [0.05, 0.1) is 16.9 Å². The molecule has 1 aliphatic heterocycles. The molecule has 0 aromatic heterocycles. The highest BCUT2D eigenvalue weighted by Crippen LogP contribution is 2.56. The number of imide groups is 1. The van der Waals surface area contributed by atoms with E-state index < -0.39 is 0 Å². The average Bonchev–Trinajstić information content (AvgIpc) is 3.21. The van der Waals surface area contributed by atoms with E-state index in [2.05, 4.69) is 21.2 Å². The van der Waals surface area contributed by atoms with Crippen LogP contribution in [-0.4, -0.2) is 29.2 Å². The first-order valence-electron chi connectivity index (χ1n) is 8.06. The van der Waals surface area contributed by atoms with E-state index in [0.29, 0.717) is 22.5 Å². The zero-order valence-corrected chi connectivity index (χ0v) is 15.1. The zero-order chi connectivity index (χ0) is 17.0. The first-order chi connectivity index (χ1) is 11.5. The quantitative estimate of drug-likeness (QED) is 0.777. The van der Waals surface area contributed by atoms with Crippen LogP contribution in [0.3, 0.4) is 0 Å². The van der Waals surface area contributed by atoms with Crippen LogP contribution in [0.25, 0.3) is 0 Å². The number of benzene rings is 1. The van der Waals surface area contributed by atoms with Crippen molar-refractivity contribution in [1.29, 1.82) is 0 Å². The molecule has 1 heterocycles. The molecule has 2 bridgehead atoms. The Morgan fingerprint density at radius 2 is 1.83 bits per heavy atom. The van der Waals surface area contributed by atoms with Gasteiger partial charge in [0.2, 0.25) is 17.7 Å². The molecule has 0 unspecified atom stereocenters. The molecule has 5 nitrogen and oxygen atoms in total. The Bertz CT molecular complexity index is 725. The van der Waals surface area contributed by atoms with Crippen molar-refractivity contribution in [1.82, 2.24) is 4.90 Å². The van der Waals surface area contributed by atoms with E-state index in [1.54, 1.807) is 18.2 Å². The van der Waals surface area contributed by atoms with E-state index in [1.165, 1.54) is 0 Å². The highest BCUT2D eigenvalue weighted by atomic mass is 79.9. The number of carbonyl (C=O) groups excluding carboxylic acids is 3. The molecule has 1 N–H and O–H groups in total. The Morgan fingerprint density at radius 1 is 1.21 bits per heavy atom. The van der Waals surface area contributed by atoms with Crippen LogP contribution in [0.1, 0.15) is 19.3 Å². The van der Waals surface area contributed by atoms with E-state index >= 15 is 0 Å². The first kappa shape index (κ1) is 16.1. The van der Waals surface area contributed by atoms with Crippen molar-refractivity contribution in [2.24, 2.45) is 23.7 Å². The number of hydrogen-bond acceptors (Lipinski definition) is 3. The highest BCUT2D eigenvalue weighted by Gasteiger charge is 2.60. The minimum Gasteiger partial charge on any atom is -0.324 e. The molecule has 4 atom stereocenters. The van der Waals surface area contributed by atoms with Crippen LogP contribution in [-0.2, 0) is 14.4 Å². The smallest absolute Gasteiger partial charge is 0.244 e. The van der Waals surface area contributed by atoms with Gasteiger partial charge in [0, 0.05) is 10.2 Å². The lowest BCUT2D eigenvalue weighted by molar-refractivity contribution is -0.143. The maximum atomic E-state index is 12.6. The average molecular weight is 412 g/mol. The summed E-state index contributed by atoms with van der Waals surface area (Å²) in [6.45, 7) is -0.224. The van der Waals surface area contributed by atoms with Gasteiger partial charge in [0.15, 0.2) is 0 Å². The zero-order valence-electron chi connectivity index (χ0n) is 12.8. The number of hydrogen-bond donors (Lipinski definition) is 1. The Balaban J connectivity index is 1.45. The molecule has 0 radical (unpaired) electrons. The summed E-state index contributed by atoms with van der Waals surface area (Å²) in [7, 11) is 0. The number of fused-ring (bicyclic) bond motifs is 5. The molecule has 3 amide bonds. The first-order valence-corrected chi connectivity index (χ1v) is 9.23. The lowest BCUT2D eigenvalue weighted by Crippen LogP contribution is -2.39. The van der Waals surface area contributed by atoms with Crippen LogP contribution >= 0.6 is 27.5 Å². The summed E-state index contributed by atoms with van der Waals surface area (Å²) in [4.78, 5) is 38.5. The second kappa shape index (κ2) is 5.85. The predicted molar refractivity (Wildman–Crippen MR) is 92.3 cm³/mol. The van der Waals surface area contributed by atoms with Crippen molar-refractivity contribution in [2.45, 2.75) is 19.3 Å². The number of carbonyl (C=O) groups is 3. The summed E-state index contributed by atoms with van der Waals surface area (Å²) in [5.74, 6) is -0.438. The van der Waals surface area contributed by atoms with Gasteiger partial charge in [-0.25, -0.2) is 0 Å². The van der Waals surface area contributed by atoms with Crippen LogP contribution < -0.4 is 5.32 Å². The number of likely N-dealkylation sites (tertiary alicyclic amines) is 1. The van der Waals surface area contributed by atoms with E-state index in [0.717, 1.165) is 28.6 Å². The van der Waals surface area contributed by atoms with Crippen LogP contribution in [0.4, 0.5) is 5.69 Å². The predicted octanol–water partition coefficient (Wildman–Crippen LogP) is 3.07. The number of nitrogens with zero attached hydrogens (tertiary/aromatic N) is 1. The molecule has 4 rings (SSSR count). The molecule has 0 spiro atoms. The molecule has 3 fully saturated rings. The number of amides is 3. The summed E-state index contributed by atoms with van der Waals surface area (Å²) in [5.41, 5.74) is 0.535. The Kier molecular flexibility index (Phi) is 3.92. The maximum Gasteiger partial charge on any atom is 0.244 e. The van der Waals surface area contributed by atoms with Gasteiger partial charge in [-0.05, 0) is 65.2 Å². The number of rotatable bonds is 3. The number of anilines is 1. The topological polar surface area (TPSA) is 66.5 Å². The van der Waals surface area contributed by atoms with Gasteiger partial charge in [-0.3, -0.25) is 19.3 Å². The van der Waals surface area contributed by atoms with Crippen LogP contribution in [0.2, 0.25) is 5.02 Å². The van der Waals surface area contributed by atoms with Gasteiger partial charge < -0.3 is 5.32 Å². The van der Waals surface area contributed by atoms with Crippen molar-refractivity contribution in [3.63, 3.8) is 0 Å². The number of nitrogens with one attached hydrogen (secondary N) is 1. The molecule has 2 aliphatic carbocycles. The third-order valence-electron chi connectivity index (χ3n) is 5.52. The van der Waals surface area contributed by atoms with Crippen LogP contribution in [0.15, 0.2) is 22.7 Å². The largest absolute Gasteiger partial charge is 0.324 e. The number of halogens is 2. The highest BCUT2D eigenvalue weighted by molar-refractivity contribution is 9.10. The summed E-state index contributed by atoms with van der Waals surface area (Å²) in [6.07, 6.45) is 3.05. The minimum absolute atomic E-state index is 0.166. The Hall–Kier alpha value is -1.40. The summed E-state index contributed by atoms with van der Waals surface area (Å²) >= 11 is 9.29. The third kappa shape index (κ3) is 2.47. The third-order valence-corrected chi connectivity index (χ3v) is 6.76. The molecular weight excluding hydrogens is 396 g/mol. The van der Waals surface area contributed by atoms with Gasteiger partial charge in [0.1, 0.15) is 6.54 Å². The van der Waals surface area contributed by atoms with E-state index in [1.807, 2.05) is 0 Å². The van der Waals surface area contributed by atoms with Crippen molar-refractivity contribution in [2.75, 3.05) is 11.9 Å². The van der Waals surface area contributed by atoms with Crippen molar-refractivity contribution < 1.29 is 14.4 Å². The molecular formula is C17H16BrClN2O3. The van der Waals surface area contributed by atoms with Gasteiger partial charge >= 0.3 is 0 Å². The fourth-order valence-electron chi connectivity index (χ4n) is 4.54. The Labute approximate surface area is 152 Å². The summed E-state index contributed by atoms with van der Waals surface area (Å²) in [5, 5.41) is 3.17. The van der Waals surface area contributed by atoms with Gasteiger partial charge in [-0.15, -0.1) is 0 Å². The molecule has 1 saturated heterocycles. The second-order valence-electron chi connectivity index (χ2n) is 6.82. The monoisotopic (exact) mass is 410 g/mol. The van der Waals surface area contributed by atoms with Gasteiger partial charge in [0.25, 0.3) is 0 Å². The molecule has 2 saturated carbocycles. The van der Waals surface area contributed by atoms with Crippen LogP contribution in [0.5, 0.6) is 0 Å². The molecule has 7 heteroatoms. The van der Waals surface area contributed by atoms with Gasteiger partial charge in [-0.1, -0.05) is 11.6 Å². The van der Waals surface area contributed by atoms with Crippen molar-refractivity contribution in [3.05, 3.63) is 27.7 Å². The van der Waals surface area contributed by atoms with Gasteiger partial charge in [-0.2, -0.15) is 0 Å². The molecule has 3 aliphatic rings. The van der Waals surface area contributed by atoms with E-state index in [9.17, 15) is 14.4 Å². The maximum absolute atomic E-state index is 12.6. The lowest BCUT2D eigenvalue weighted by atomic mass is 9.81. The Morgan fingerprint density at radius 3 is 2.42 bits per heavy atom. The molecule has 1 aromatic rings. The van der Waals surface area contributed by atoms with E-state index in [4.69, 9.17) is 11.6 Å². The fraction of sp³-hybridized carbons (Fsp3) is 0.471. The van der Waals surface area contributed by atoms with Crippen LogP contribution in [0, 0.1) is 23.7 Å².